The van der Waals surface area contributed by atoms with Crippen molar-refractivity contribution in [2.75, 3.05) is 11.4 Å². The third kappa shape index (κ3) is 3.73. The van der Waals surface area contributed by atoms with E-state index in [1.54, 1.807) is 6.07 Å². The molecule has 1 atom stereocenters. The number of halogens is 2. The third-order valence-electron chi connectivity index (χ3n) is 3.38. The molecule has 0 radical (unpaired) electrons. The van der Waals surface area contributed by atoms with Crippen molar-refractivity contribution in [1.82, 2.24) is 5.32 Å². The molecule has 0 bridgehead atoms. The van der Waals surface area contributed by atoms with Crippen LogP contribution in [0.5, 0.6) is 0 Å². The average molecular weight is 313 g/mol. The minimum Gasteiger partial charge on any atom is -0.344 e. The van der Waals surface area contributed by atoms with E-state index in [9.17, 15) is 14.0 Å². The van der Waals surface area contributed by atoms with Crippen molar-refractivity contribution in [2.45, 2.75) is 32.7 Å². The van der Waals surface area contributed by atoms with E-state index in [0.29, 0.717) is 12.1 Å². The molecule has 1 unspecified atom stereocenters. The number of carbonyl (C=O) groups is 2. The van der Waals surface area contributed by atoms with Gasteiger partial charge in [0.25, 0.3) is 0 Å². The lowest BCUT2D eigenvalue weighted by Gasteiger charge is -2.25. The van der Waals surface area contributed by atoms with Crippen molar-refractivity contribution < 1.29 is 14.0 Å². The Labute approximate surface area is 128 Å². The SMILES string of the molecule is CC(C)CC1NC(=O)CCN(c2ccc(Cl)c(F)c2)C1=O. The highest BCUT2D eigenvalue weighted by Gasteiger charge is 2.31. The molecule has 6 heteroatoms. The van der Waals surface area contributed by atoms with Gasteiger partial charge in [0, 0.05) is 18.7 Å². The summed E-state index contributed by atoms with van der Waals surface area (Å²) in [7, 11) is 0. The molecule has 1 fully saturated rings. The highest BCUT2D eigenvalue weighted by molar-refractivity contribution is 6.30. The Morgan fingerprint density at radius 1 is 1.43 bits per heavy atom. The first-order valence-electron chi connectivity index (χ1n) is 6.94. The van der Waals surface area contributed by atoms with Crippen LogP contribution in [-0.4, -0.2) is 24.4 Å². The molecule has 4 nitrogen and oxygen atoms in total. The first kappa shape index (κ1) is 15.8. The summed E-state index contributed by atoms with van der Waals surface area (Å²) in [4.78, 5) is 25.8. The molecule has 1 aliphatic rings. The molecule has 1 saturated heterocycles. The zero-order valence-electron chi connectivity index (χ0n) is 12.0. The number of rotatable bonds is 3. The normalized spacial score (nSPS) is 19.7. The van der Waals surface area contributed by atoms with Crippen LogP contribution < -0.4 is 10.2 Å². The largest absolute Gasteiger partial charge is 0.344 e. The van der Waals surface area contributed by atoms with Crippen molar-refractivity contribution in [3.05, 3.63) is 29.0 Å². The summed E-state index contributed by atoms with van der Waals surface area (Å²) in [6.45, 7) is 4.20. The van der Waals surface area contributed by atoms with Crippen LogP contribution in [-0.2, 0) is 9.59 Å². The van der Waals surface area contributed by atoms with Crippen LogP contribution >= 0.6 is 11.6 Å². The van der Waals surface area contributed by atoms with Gasteiger partial charge in [-0.2, -0.15) is 0 Å². The Bertz CT molecular complexity index is 563. The maximum Gasteiger partial charge on any atom is 0.249 e. The van der Waals surface area contributed by atoms with Gasteiger partial charge in [-0.25, -0.2) is 4.39 Å². The van der Waals surface area contributed by atoms with E-state index in [2.05, 4.69) is 5.32 Å². The highest BCUT2D eigenvalue weighted by atomic mass is 35.5. The Hall–Kier alpha value is -1.62. The lowest BCUT2D eigenvalue weighted by atomic mass is 10.0. The number of nitrogens with one attached hydrogen (secondary N) is 1. The summed E-state index contributed by atoms with van der Waals surface area (Å²) in [5, 5.41) is 2.74. The molecular weight excluding hydrogens is 295 g/mol. The number of benzene rings is 1. The van der Waals surface area contributed by atoms with Gasteiger partial charge in [0.05, 0.1) is 5.02 Å². The maximum atomic E-state index is 13.6. The van der Waals surface area contributed by atoms with E-state index in [4.69, 9.17) is 11.6 Å². The molecule has 114 valence electrons. The van der Waals surface area contributed by atoms with Crippen molar-refractivity contribution in [3.8, 4) is 0 Å². The third-order valence-corrected chi connectivity index (χ3v) is 3.69. The summed E-state index contributed by atoms with van der Waals surface area (Å²) < 4.78 is 13.6. The number of anilines is 1. The molecule has 0 saturated carbocycles. The van der Waals surface area contributed by atoms with Crippen LogP contribution in [0.4, 0.5) is 10.1 Å². The Morgan fingerprint density at radius 2 is 2.14 bits per heavy atom. The fourth-order valence-electron chi connectivity index (χ4n) is 2.38. The van der Waals surface area contributed by atoms with Crippen molar-refractivity contribution >= 4 is 29.1 Å². The van der Waals surface area contributed by atoms with Gasteiger partial charge in [-0.05, 0) is 30.5 Å². The Balaban J connectivity index is 2.30. The van der Waals surface area contributed by atoms with E-state index in [1.807, 2.05) is 13.8 Å². The first-order chi connectivity index (χ1) is 9.88. The number of hydrogen-bond donors (Lipinski definition) is 1. The first-order valence-corrected chi connectivity index (χ1v) is 7.32. The summed E-state index contributed by atoms with van der Waals surface area (Å²) in [6, 6.07) is 3.66. The predicted octanol–water partition coefficient (Wildman–Crippen LogP) is 2.75. The molecule has 1 N–H and O–H groups in total. The Morgan fingerprint density at radius 3 is 2.76 bits per heavy atom. The molecule has 1 aromatic carbocycles. The molecule has 0 aliphatic carbocycles. The van der Waals surface area contributed by atoms with Gasteiger partial charge in [0.1, 0.15) is 11.9 Å². The second-order valence-corrected chi connectivity index (χ2v) is 6.00. The van der Waals surface area contributed by atoms with Gasteiger partial charge < -0.3 is 10.2 Å². The number of carbonyl (C=O) groups excluding carboxylic acids is 2. The topological polar surface area (TPSA) is 49.4 Å². The zero-order valence-corrected chi connectivity index (χ0v) is 12.8. The van der Waals surface area contributed by atoms with Gasteiger partial charge >= 0.3 is 0 Å². The monoisotopic (exact) mass is 312 g/mol. The number of amides is 2. The van der Waals surface area contributed by atoms with Crippen molar-refractivity contribution in [2.24, 2.45) is 5.92 Å². The molecule has 0 spiro atoms. The van der Waals surface area contributed by atoms with E-state index < -0.39 is 11.9 Å². The minimum atomic E-state index is -0.578. The highest BCUT2D eigenvalue weighted by Crippen LogP contribution is 2.24. The predicted molar refractivity (Wildman–Crippen MR) is 79.8 cm³/mol. The minimum absolute atomic E-state index is 0.00829. The molecule has 2 amide bonds. The standard InChI is InChI=1S/C15H18ClFN2O2/c1-9(2)7-13-15(21)19(6-5-14(20)18-13)10-3-4-11(16)12(17)8-10/h3-4,8-9,13H,5-7H2,1-2H3,(H,18,20). The molecular formula is C15H18ClFN2O2. The van der Waals surface area contributed by atoms with Gasteiger partial charge in [0.2, 0.25) is 11.8 Å². The molecule has 1 heterocycles. The Kier molecular flexibility index (Phi) is 4.83. The van der Waals surface area contributed by atoms with Crippen LogP contribution in [0.25, 0.3) is 0 Å². The van der Waals surface area contributed by atoms with Crippen LogP contribution in [0.2, 0.25) is 5.02 Å². The van der Waals surface area contributed by atoms with Crippen LogP contribution in [0.15, 0.2) is 18.2 Å². The lowest BCUT2D eigenvalue weighted by Crippen LogP contribution is -2.45. The fraction of sp³-hybridized carbons (Fsp3) is 0.467. The lowest BCUT2D eigenvalue weighted by molar-refractivity contribution is -0.125. The molecule has 2 rings (SSSR count). The molecule has 1 aromatic rings. The van der Waals surface area contributed by atoms with E-state index >= 15 is 0 Å². The second-order valence-electron chi connectivity index (χ2n) is 5.59. The van der Waals surface area contributed by atoms with Crippen molar-refractivity contribution in [3.63, 3.8) is 0 Å². The maximum absolute atomic E-state index is 13.6. The van der Waals surface area contributed by atoms with Gasteiger partial charge in [-0.15, -0.1) is 0 Å². The quantitative estimate of drug-likeness (QED) is 0.933. The number of nitrogens with zero attached hydrogens (tertiary/aromatic N) is 1. The number of hydrogen-bond acceptors (Lipinski definition) is 2. The fourth-order valence-corrected chi connectivity index (χ4v) is 2.50. The summed E-state index contributed by atoms with van der Waals surface area (Å²) in [6.07, 6.45) is 0.752. The summed E-state index contributed by atoms with van der Waals surface area (Å²) in [5.41, 5.74) is 0.423. The van der Waals surface area contributed by atoms with E-state index in [1.165, 1.54) is 17.0 Å². The smallest absolute Gasteiger partial charge is 0.249 e. The summed E-state index contributed by atoms with van der Waals surface area (Å²) >= 11 is 5.66. The van der Waals surface area contributed by atoms with E-state index in [0.717, 1.165) is 0 Å². The molecule has 1 aliphatic heterocycles. The van der Waals surface area contributed by atoms with Gasteiger partial charge in [-0.1, -0.05) is 25.4 Å². The van der Waals surface area contributed by atoms with Crippen LogP contribution in [0, 0.1) is 11.7 Å². The van der Waals surface area contributed by atoms with Gasteiger partial charge in [0.15, 0.2) is 0 Å². The van der Waals surface area contributed by atoms with Crippen molar-refractivity contribution in [1.29, 1.82) is 0 Å². The second kappa shape index (κ2) is 6.43. The summed E-state index contributed by atoms with van der Waals surface area (Å²) in [5.74, 6) is -0.686. The van der Waals surface area contributed by atoms with Crippen LogP contribution in [0.1, 0.15) is 26.7 Å². The van der Waals surface area contributed by atoms with Gasteiger partial charge in [-0.3, -0.25) is 9.59 Å². The van der Waals surface area contributed by atoms with E-state index in [-0.39, 0.29) is 35.7 Å². The zero-order chi connectivity index (χ0) is 15.6. The van der Waals surface area contributed by atoms with Crippen LogP contribution in [0.3, 0.4) is 0 Å². The average Bonchev–Trinajstić information content (AvgIpc) is 2.53. The molecule has 21 heavy (non-hydrogen) atoms. The molecule has 0 aromatic heterocycles.